The number of para-hydroxylation sites is 2. The molecule has 0 aliphatic carbocycles. The van der Waals surface area contributed by atoms with Crippen molar-refractivity contribution >= 4 is 11.6 Å². The number of rotatable bonds is 4. The lowest BCUT2D eigenvalue weighted by Gasteiger charge is -2.36. The first-order valence-electron chi connectivity index (χ1n) is 8.17. The number of hydrogen-bond donors (Lipinski definition) is 0. The molecule has 24 heavy (non-hydrogen) atoms. The standard InChI is InChI=1S/C18H23N3O3/c1-13-15(14(2)24-19-13)12-18(22)21-10-8-20(9-11-21)16-6-4-5-7-17(16)23-3/h4-7H,8-12H2,1-3H3. The Balaban J connectivity index is 1.61. The Morgan fingerprint density at radius 1 is 1.21 bits per heavy atom. The highest BCUT2D eigenvalue weighted by molar-refractivity contribution is 5.79. The Morgan fingerprint density at radius 3 is 2.54 bits per heavy atom. The minimum atomic E-state index is 0.129. The summed E-state index contributed by atoms with van der Waals surface area (Å²) in [5, 5.41) is 3.92. The number of carbonyl (C=O) groups is 1. The van der Waals surface area contributed by atoms with Crippen LogP contribution in [-0.2, 0) is 11.2 Å². The van der Waals surface area contributed by atoms with Crippen molar-refractivity contribution in [1.82, 2.24) is 10.1 Å². The third-order valence-electron chi connectivity index (χ3n) is 4.57. The van der Waals surface area contributed by atoms with E-state index in [4.69, 9.17) is 9.26 Å². The van der Waals surface area contributed by atoms with Gasteiger partial charge in [0.15, 0.2) is 0 Å². The third kappa shape index (κ3) is 3.22. The second-order valence-electron chi connectivity index (χ2n) is 6.02. The van der Waals surface area contributed by atoms with Gasteiger partial charge in [-0.3, -0.25) is 4.79 Å². The van der Waals surface area contributed by atoms with Crippen LogP contribution in [0.25, 0.3) is 0 Å². The Kier molecular flexibility index (Phi) is 4.74. The minimum absolute atomic E-state index is 0.129. The van der Waals surface area contributed by atoms with Gasteiger partial charge in [0.05, 0.1) is 24.9 Å². The molecule has 0 radical (unpaired) electrons. The summed E-state index contributed by atoms with van der Waals surface area (Å²) in [6.07, 6.45) is 0.357. The topological polar surface area (TPSA) is 58.8 Å². The molecule has 6 heteroatoms. The third-order valence-corrected chi connectivity index (χ3v) is 4.57. The van der Waals surface area contributed by atoms with Crippen molar-refractivity contribution in [3.8, 4) is 5.75 Å². The number of anilines is 1. The number of aryl methyl sites for hydroxylation is 2. The zero-order chi connectivity index (χ0) is 17.1. The molecule has 1 fully saturated rings. The molecule has 0 unspecified atom stereocenters. The van der Waals surface area contributed by atoms with Gasteiger partial charge in [0, 0.05) is 31.7 Å². The molecule has 6 nitrogen and oxygen atoms in total. The normalized spacial score (nSPS) is 14.8. The summed E-state index contributed by atoms with van der Waals surface area (Å²) >= 11 is 0. The first-order chi connectivity index (χ1) is 11.6. The van der Waals surface area contributed by atoms with E-state index >= 15 is 0 Å². The average Bonchev–Trinajstić information content (AvgIpc) is 2.93. The predicted molar refractivity (Wildman–Crippen MR) is 91.5 cm³/mol. The molecule has 2 heterocycles. The number of aromatic nitrogens is 1. The van der Waals surface area contributed by atoms with Gasteiger partial charge in [-0.2, -0.15) is 0 Å². The van der Waals surface area contributed by atoms with E-state index in [1.807, 2.05) is 36.9 Å². The van der Waals surface area contributed by atoms with Crippen molar-refractivity contribution in [2.75, 3.05) is 38.2 Å². The molecular weight excluding hydrogens is 306 g/mol. The van der Waals surface area contributed by atoms with Crippen LogP contribution in [0.5, 0.6) is 5.75 Å². The smallest absolute Gasteiger partial charge is 0.227 e. The van der Waals surface area contributed by atoms with Gasteiger partial charge in [-0.05, 0) is 26.0 Å². The molecule has 0 saturated carbocycles. The lowest BCUT2D eigenvalue weighted by atomic mass is 10.1. The molecule has 1 aromatic carbocycles. The van der Waals surface area contributed by atoms with E-state index in [0.29, 0.717) is 19.5 Å². The van der Waals surface area contributed by atoms with E-state index in [0.717, 1.165) is 41.5 Å². The molecular formula is C18H23N3O3. The van der Waals surface area contributed by atoms with Gasteiger partial charge in [-0.15, -0.1) is 0 Å². The van der Waals surface area contributed by atoms with Crippen LogP contribution in [0.4, 0.5) is 5.69 Å². The zero-order valence-corrected chi connectivity index (χ0v) is 14.4. The minimum Gasteiger partial charge on any atom is -0.495 e. The molecule has 0 bridgehead atoms. The molecule has 0 atom stereocenters. The second-order valence-corrected chi connectivity index (χ2v) is 6.02. The van der Waals surface area contributed by atoms with Crippen molar-refractivity contribution in [2.24, 2.45) is 0 Å². The Hall–Kier alpha value is -2.50. The number of piperazine rings is 1. The Bertz CT molecular complexity index is 699. The number of carbonyl (C=O) groups excluding carboxylic acids is 1. The fourth-order valence-corrected chi connectivity index (χ4v) is 3.11. The maximum absolute atomic E-state index is 12.5. The maximum Gasteiger partial charge on any atom is 0.227 e. The number of nitrogens with zero attached hydrogens (tertiary/aromatic N) is 3. The van der Waals surface area contributed by atoms with Gasteiger partial charge < -0.3 is 19.1 Å². The summed E-state index contributed by atoms with van der Waals surface area (Å²) in [6, 6.07) is 7.99. The number of methoxy groups -OCH3 is 1. The van der Waals surface area contributed by atoms with Crippen LogP contribution in [0, 0.1) is 13.8 Å². The highest BCUT2D eigenvalue weighted by atomic mass is 16.5. The average molecular weight is 329 g/mol. The lowest BCUT2D eigenvalue weighted by molar-refractivity contribution is -0.130. The summed E-state index contributed by atoms with van der Waals surface area (Å²) in [7, 11) is 1.68. The molecule has 0 spiro atoms. The van der Waals surface area contributed by atoms with E-state index in [-0.39, 0.29) is 5.91 Å². The molecule has 1 amide bonds. The summed E-state index contributed by atoms with van der Waals surface area (Å²) in [5.41, 5.74) is 2.79. The van der Waals surface area contributed by atoms with Gasteiger partial charge in [-0.1, -0.05) is 17.3 Å². The summed E-state index contributed by atoms with van der Waals surface area (Å²) in [5.74, 6) is 1.73. The van der Waals surface area contributed by atoms with Crippen molar-refractivity contribution in [3.63, 3.8) is 0 Å². The van der Waals surface area contributed by atoms with Gasteiger partial charge in [0.1, 0.15) is 11.5 Å². The van der Waals surface area contributed by atoms with Crippen molar-refractivity contribution in [3.05, 3.63) is 41.3 Å². The lowest BCUT2D eigenvalue weighted by Crippen LogP contribution is -2.49. The number of amides is 1. The molecule has 0 N–H and O–H groups in total. The second kappa shape index (κ2) is 6.95. The molecule has 1 aliphatic heterocycles. The van der Waals surface area contributed by atoms with E-state index < -0.39 is 0 Å². The quantitative estimate of drug-likeness (QED) is 0.860. The molecule has 1 aliphatic rings. The fraction of sp³-hybridized carbons (Fsp3) is 0.444. The number of ether oxygens (including phenoxy) is 1. The Labute approximate surface area is 142 Å². The van der Waals surface area contributed by atoms with Crippen LogP contribution >= 0.6 is 0 Å². The van der Waals surface area contributed by atoms with Gasteiger partial charge in [0.25, 0.3) is 0 Å². The van der Waals surface area contributed by atoms with Crippen LogP contribution in [0.15, 0.2) is 28.8 Å². The van der Waals surface area contributed by atoms with E-state index in [9.17, 15) is 4.79 Å². The monoisotopic (exact) mass is 329 g/mol. The van der Waals surface area contributed by atoms with Crippen LogP contribution in [0.3, 0.4) is 0 Å². The Morgan fingerprint density at radius 2 is 1.92 bits per heavy atom. The predicted octanol–water partition coefficient (Wildman–Crippen LogP) is 2.19. The molecule has 2 aromatic rings. The SMILES string of the molecule is COc1ccccc1N1CCN(C(=O)Cc2c(C)noc2C)CC1. The van der Waals surface area contributed by atoms with Crippen molar-refractivity contribution in [2.45, 2.75) is 20.3 Å². The van der Waals surface area contributed by atoms with Crippen LogP contribution in [0.2, 0.25) is 0 Å². The van der Waals surface area contributed by atoms with E-state index in [2.05, 4.69) is 16.1 Å². The van der Waals surface area contributed by atoms with Crippen molar-refractivity contribution < 1.29 is 14.1 Å². The maximum atomic E-state index is 12.5. The van der Waals surface area contributed by atoms with Gasteiger partial charge in [-0.25, -0.2) is 0 Å². The van der Waals surface area contributed by atoms with Crippen LogP contribution < -0.4 is 9.64 Å². The molecule has 128 valence electrons. The van der Waals surface area contributed by atoms with E-state index in [1.54, 1.807) is 7.11 Å². The number of benzene rings is 1. The van der Waals surface area contributed by atoms with Gasteiger partial charge in [0.2, 0.25) is 5.91 Å². The van der Waals surface area contributed by atoms with Crippen molar-refractivity contribution in [1.29, 1.82) is 0 Å². The summed E-state index contributed by atoms with van der Waals surface area (Å²) in [4.78, 5) is 16.7. The van der Waals surface area contributed by atoms with Crippen LogP contribution in [0.1, 0.15) is 17.0 Å². The highest BCUT2D eigenvalue weighted by Gasteiger charge is 2.24. The summed E-state index contributed by atoms with van der Waals surface area (Å²) < 4.78 is 10.6. The first-order valence-corrected chi connectivity index (χ1v) is 8.17. The largest absolute Gasteiger partial charge is 0.495 e. The molecule has 1 saturated heterocycles. The number of hydrogen-bond acceptors (Lipinski definition) is 5. The summed E-state index contributed by atoms with van der Waals surface area (Å²) in [6.45, 7) is 6.74. The molecule has 3 rings (SSSR count). The highest BCUT2D eigenvalue weighted by Crippen LogP contribution is 2.28. The van der Waals surface area contributed by atoms with Crippen LogP contribution in [-0.4, -0.2) is 49.3 Å². The molecule has 1 aromatic heterocycles. The zero-order valence-electron chi connectivity index (χ0n) is 14.4. The van der Waals surface area contributed by atoms with E-state index in [1.165, 1.54) is 0 Å². The fourth-order valence-electron chi connectivity index (χ4n) is 3.11. The van der Waals surface area contributed by atoms with Gasteiger partial charge >= 0.3 is 0 Å². The first kappa shape index (κ1) is 16.4.